The van der Waals surface area contributed by atoms with E-state index in [2.05, 4.69) is 0 Å². The van der Waals surface area contributed by atoms with Gasteiger partial charge >= 0.3 is 5.97 Å². The van der Waals surface area contributed by atoms with Crippen molar-refractivity contribution in [1.29, 1.82) is 0 Å². The minimum atomic E-state index is -0.998. The van der Waals surface area contributed by atoms with Crippen LogP contribution in [0.25, 0.3) is 0 Å². The molecule has 2 aliphatic heterocycles. The molecule has 146 valence electrons. The fourth-order valence-electron chi connectivity index (χ4n) is 3.80. The van der Waals surface area contributed by atoms with Gasteiger partial charge in [0.25, 0.3) is 0 Å². The van der Waals surface area contributed by atoms with Crippen molar-refractivity contribution in [1.82, 2.24) is 4.90 Å². The molecule has 2 aromatic carbocycles. The Kier molecular flexibility index (Phi) is 5.30. The van der Waals surface area contributed by atoms with E-state index in [0.29, 0.717) is 32.1 Å². The highest BCUT2D eigenvalue weighted by atomic mass is 16.5. The van der Waals surface area contributed by atoms with Crippen molar-refractivity contribution in [2.75, 3.05) is 19.8 Å². The molecule has 1 N–H and O–H groups in total. The second kappa shape index (κ2) is 8.02. The van der Waals surface area contributed by atoms with Crippen LogP contribution in [0, 0.1) is 5.92 Å². The Hall–Kier alpha value is -2.86. The zero-order chi connectivity index (χ0) is 19.5. The van der Waals surface area contributed by atoms with E-state index in [1.165, 1.54) is 0 Å². The molecule has 2 heterocycles. The number of carbonyl (C=O) groups is 2. The first-order chi connectivity index (χ1) is 13.6. The van der Waals surface area contributed by atoms with E-state index in [0.717, 1.165) is 24.0 Å². The molecule has 0 bridgehead atoms. The van der Waals surface area contributed by atoms with E-state index in [-0.39, 0.29) is 23.5 Å². The number of carbonyl (C=O) groups excluding carboxylic acids is 1. The summed E-state index contributed by atoms with van der Waals surface area (Å²) in [5.74, 6) is -0.397. The molecule has 1 saturated heterocycles. The van der Waals surface area contributed by atoms with Crippen LogP contribution in [0.2, 0.25) is 0 Å². The molecule has 1 fully saturated rings. The Morgan fingerprint density at radius 2 is 1.79 bits per heavy atom. The van der Waals surface area contributed by atoms with Gasteiger partial charge in [-0.15, -0.1) is 0 Å². The standard InChI is InChI=1S/C22H23NO5/c24-21(16-8-10-27-11-9-16)23-13-18-7-6-17(22(25)26)12-19(18)28-20(14-23)15-4-2-1-3-5-15/h1-7,12,16,20H,8-11,13-14H2,(H,25,26)/t20-/m1/s1. The monoisotopic (exact) mass is 381 g/mol. The number of aromatic carboxylic acids is 1. The first-order valence-electron chi connectivity index (χ1n) is 9.56. The number of hydrogen-bond acceptors (Lipinski definition) is 4. The third-order valence-corrected chi connectivity index (χ3v) is 5.38. The van der Waals surface area contributed by atoms with Gasteiger partial charge in [-0.3, -0.25) is 4.79 Å². The molecule has 2 aromatic rings. The highest BCUT2D eigenvalue weighted by Crippen LogP contribution is 2.33. The Morgan fingerprint density at radius 1 is 1.04 bits per heavy atom. The first kappa shape index (κ1) is 18.5. The summed E-state index contributed by atoms with van der Waals surface area (Å²) in [4.78, 5) is 26.4. The number of nitrogens with zero attached hydrogens (tertiary/aromatic N) is 1. The first-order valence-corrected chi connectivity index (χ1v) is 9.56. The van der Waals surface area contributed by atoms with E-state index in [1.54, 1.807) is 18.2 Å². The molecular formula is C22H23NO5. The van der Waals surface area contributed by atoms with Crippen molar-refractivity contribution < 1.29 is 24.2 Å². The SMILES string of the molecule is O=C(O)c1ccc2c(c1)O[C@@H](c1ccccc1)CN(C(=O)C1CCOCC1)C2. The van der Waals surface area contributed by atoms with Gasteiger partial charge in [-0.2, -0.15) is 0 Å². The van der Waals surface area contributed by atoms with Crippen LogP contribution in [0.4, 0.5) is 0 Å². The van der Waals surface area contributed by atoms with Crippen molar-refractivity contribution in [2.45, 2.75) is 25.5 Å². The van der Waals surface area contributed by atoms with Crippen molar-refractivity contribution in [2.24, 2.45) is 5.92 Å². The van der Waals surface area contributed by atoms with Crippen molar-refractivity contribution in [3.05, 3.63) is 65.2 Å². The lowest BCUT2D eigenvalue weighted by Gasteiger charge is -2.30. The summed E-state index contributed by atoms with van der Waals surface area (Å²) in [5, 5.41) is 9.32. The number of carboxylic acids is 1. The molecule has 28 heavy (non-hydrogen) atoms. The molecule has 6 nitrogen and oxygen atoms in total. The maximum atomic E-state index is 13.2. The fourth-order valence-corrected chi connectivity index (χ4v) is 3.80. The number of hydrogen-bond donors (Lipinski definition) is 1. The predicted octanol–water partition coefficient (Wildman–Crippen LogP) is 3.27. The zero-order valence-electron chi connectivity index (χ0n) is 15.5. The molecule has 0 saturated carbocycles. The summed E-state index contributed by atoms with van der Waals surface area (Å²) in [6.07, 6.45) is 1.11. The smallest absolute Gasteiger partial charge is 0.335 e. The molecule has 4 rings (SSSR count). The normalized spacial score (nSPS) is 20.0. The highest BCUT2D eigenvalue weighted by Gasteiger charge is 2.32. The van der Waals surface area contributed by atoms with Gasteiger partial charge in [-0.1, -0.05) is 36.4 Å². The van der Waals surface area contributed by atoms with E-state index in [4.69, 9.17) is 9.47 Å². The van der Waals surface area contributed by atoms with Gasteiger partial charge in [-0.25, -0.2) is 4.79 Å². The van der Waals surface area contributed by atoms with Crippen LogP contribution in [-0.4, -0.2) is 41.6 Å². The van der Waals surface area contributed by atoms with Crippen LogP contribution in [0.5, 0.6) is 5.75 Å². The molecule has 0 aromatic heterocycles. The molecule has 0 spiro atoms. The second-order valence-corrected chi connectivity index (χ2v) is 7.25. The van der Waals surface area contributed by atoms with Gasteiger partial charge in [0.05, 0.1) is 12.1 Å². The number of benzene rings is 2. The summed E-state index contributed by atoms with van der Waals surface area (Å²) >= 11 is 0. The number of fused-ring (bicyclic) bond motifs is 1. The minimum absolute atomic E-state index is 0.0370. The van der Waals surface area contributed by atoms with Crippen LogP contribution in [0.15, 0.2) is 48.5 Å². The summed E-state index contributed by atoms with van der Waals surface area (Å²) in [6.45, 7) is 2.06. The van der Waals surface area contributed by atoms with Gasteiger partial charge in [0.1, 0.15) is 11.9 Å². The third kappa shape index (κ3) is 3.87. The Balaban J connectivity index is 1.68. The molecule has 2 aliphatic rings. The molecule has 0 radical (unpaired) electrons. The quantitative estimate of drug-likeness (QED) is 0.883. The lowest BCUT2D eigenvalue weighted by molar-refractivity contribution is -0.140. The van der Waals surface area contributed by atoms with Crippen LogP contribution in [0.3, 0.4) is 0 Å². The van der Waals surface area contributed by atoms with Crippen LogP contribution < -0.4 is 4.74 Å². The van der Waals surface area contributed by atoms with Crippen LogP contribution in [0.1, 0.15) is 40.4 Å². The summed E-state index contributed by atoms with van der Waals surface area (Å²) in [5.41, 5.74) is 1.96. The molecule has 6 heteroatoms. The molecule has 1 atom stereocenters. The number of carboxylic acid groups (broad SMARTS) is 1. The predicted molar refractivity (Wildman–Crippen MR) is 102 cm³/mol. The van der Waals surface area contributed by atoms with Gasteiger partial charge in [0, 0.05) is 31.2 Å². The van der Waals surface area contributed by atoms with Gasteiger partial charge in [0.2, 0.25) is 5.91 Å². The minimum Gasteiger partial charge on any atom is -0.483 e. The molecule has 1 amide bonds. The van der Waals surface area contributed by atoms with Gasteiger partial charge < -0.3 is 19.5 Å². The summed E-state index contributed by atoms with van der Waals surface area (Å²) < 4.78 is 11.6. The average Bonchev–Trinajstić information content (AvgIpc) is 2.93. The Morgan fingerprint density at radius 3 is 2.50 bits per heavy atom. The third-order valence-electron chi connectivity index (χ3n) is 5.38. The van der Waals surface area contributed by atoms with Crippen molar-refractivity contribution >= 4 is 11.9 Å². The number of ether oxygens (including phenoxy) is 2. The van der Waals surface area contributed by atoms with E-state index >= 15 is 0 Å². The molecular weight excluding hydrogens is 358 g/mol. The maximum absolute atomic E-state index is 13.2. The number of rotatable bonds is 3. The van der Waals surface area contributed by atoms with Crippen molar-refractivity contribution in [3.63, 3.8) is 0 Å². The van der Waals surface area contributed by atoms with E-state index in [1.807, 2.05) is 35.2 Å². The Labute approximate surface area is 163 Å². The Bertz CT molecular complexity index is 860. The summed E-state index contributed by atoms with van der Waals surface area (Å²) in [6, 6.07) is 14.6. The zero-order valence-corrected chi connectivity index (χ0v) is 15.5. The lowest BCUT2D eigenvalue weighted by atomic mass is 9.98. The topological polar surface area (TPSA) is 76.1 Å². The lowest BCUT2D eigenvalue weighted by Crippen LogP contribution is -2.40. The van der Waals surface area contributed by atoms with Gasteiger partial charge in [-0.05, 0) is 30.5 Å². The largest absolute Gasteiger partial charge is 0.483 e. The average molecular weight is 381 g/mol. The van der Waals surface area contributed by atoms with E-state index < -0.39 is 5.97 Å². The van der Waals surface area contributed by atoms with Gasteiger partial charge in [0.15, 0.2) is 0 Å². The van der Waals surface area contributed by atoms with E-state index in [9.17, 15) is 14.7 Å². The summed E-state index contributed by atoms with van der Waals surface area (Å²) in [7, 11) is 0. The molecule has 0 unspecified atom stereocenters. The maximum Gasteiger partial charge on any atom is 0.335 e. The van der Waals surface area contributed by atoms with Crippen LogP contribution in [-0.2, 0) is 16.1 Å². The highest BCUT2D eigenvalue weighted by molar-refractivity contribution is 5.88. The number of amides is 1. The van der Waals surface area contributed by atoms with Crippen molar-refractivity contribution in [3.8, 4) is 5.75 Å². The second-order valence-electron chi connectivity index (χ2n) is 7.25. The molecule has 0 aliphatic carbocycles. The van der Waals surface area contributed by atoms with Crippen LogP contribution >= 0.6 is 0 Å². The fraction of sp³-hybridized carbons (Fsp3) is 0.364.